The van der Waals surface area contributed by atoms with Crippen molar-refractivity contribution in [2.75, 3.05) is 0 Å². The number of thiazole rings is 1. The predicted molar refractivity (Wildman–Crippen MR) is 93.4 cm³/mol. The molecule has 0 unspecified atom stereocenters. The van der Waals surface area contributed by atoms with Gasteiger partial charge in [0.15, 0.2) is 4.80 Å². The summed E-state index contributed by atoms with van der Waals surface area (Å²) >= 11 is 7.13. The average Bonchev–Trinajstić information content (AvgIpc) is 2.93. The molecule has 6 nitrogen and oxygen atoms in total. The molecule has 1 heterocycles. The normalized spacial score (nSPS) is 11.9. The van der Waals surface area contributed by atoms with Gasteiger partial charge in [0.25, 0.3) is 11.6 Å². The van der Waals surface area contributed by atoms with Crippen molar-refractivity contribution in [3.63, 3.8) is 0 Å². The summed E-state index contributed by atoms with van der Waals surface area (Å²) in [6, 6.07) is 8.22. The van der Waals surface area contributed by atoms with Crippen molar-refractivity contribution in [2.45, 2.75) is 13.5 Å². The smallest absolute Gasteiger partial charge is 0.281 e. The van der Waals surface area contributed by atoms with E-state index in [1.165, 1.54) is 18.2 Å². The molecule has 0 N–H and O–H groups in total. The van der Waals surface area contributed by atoms with Crippen LogP contribution >= 0.6 is 22.9 Å². The number of halogens is 2. The lowest BCUT2D eigenvalue weighted by molar-refractivity contribution is -0.384. The monoisotopic (exact) mass is 379 g/mol. The number of aryl methyl sites for hydroxylation is 1. The van der Waals surface area contributed by atoms with Crippen molar-refractivity contribution in [2.24, 2.45) is 4.99 Å². The molecule has 0 aliphatic heterocycles. The summed E-state index contributed by atoms with van der Waals surface area (Å²) in [5, 5.41) is 10.9. The Balaban J connectivity index is 2.17. The minimum atomic E-state index is -0.720. The zero-order valence-electron chi connectivity index (χ0n) is 12.9. The summed E-state index contributed by atoms with van der Waals surface area (Å²) in [5.74, 6) is -1.12. The van der Waals surface area contributed by atoms with Crippen LogP contribution in [0.25, 0.3) is 10.2 Å². The highest BCUT2D eigenvalue weighted by molar-refractivity contribution is 7.16. The highest BCUT2D eigenvalue weighted by Crippen LogP contribution is 2.24. The first-order valence-corrected chi connectivity index (χ1v) is 8.42. The first-order chi connectivity index (χ1) is 11.9. The fourth-order valence-electron chi connectivity index (χ4n) is 2.40. The number of nitro groups is 1. The molecule has 3 aromatic rings. The molecule has 0 aliphatic carbocycles. The zero-order valence-corrected chi connectivity index (χ0v) is 14.5. The molecule has 0 fully saturated rings. The van der Waals surface area contributed by atoms with Gasteiger partial charge >= 0.3 is 0 Å². The molecule has 128 valence electrons. The molecule has 0 aliphatic rings. The molecule has 0 saturated carbocycles. The minimum absolute atomic E-state index is 0.0645. The molecule has 0 atom stereocenters. The summed E-state index contributed by atoms with van der Waals surface area (Å²) in [6.07, 6.45) is 0. The number of amides is 1. The maximum Gasteiger partial charge on any atom is 0.281 e. The fraction of sp³-hybridized carbons (Fsp3) is 0.125. The van der Waals surface area contributed by atoms with E-state index in [1.54, 1.807) is 16.7 Å². The number of rotatable bonds is 3. The van der Waals surface area contributed by atoms with Crippen molar-refractivity contribution in [3.8, 4) is 0 Å². The number of carbonyl (C=O) groups excluding carboxylic acids is 1. The number of nitro benzene ring substituents is 1. The second-order valence-corrected chi connectivity index (χ2v) is 6.47. The highest BCUT2D eigenvalue weighted by atomic mass is 35.5. The van der Waals surface area contributed by atoms with Gasteiger partial charge < -0.3 is 4.57 Å². The van der Waals surface area contributed by atoms with E-state index in [0.717, 1.165) is 17.4 Å². The lowest BCUT2D eigenvalue weighted by atomic mass is 10.2. The van der Waals surface area contributed by atoms with Crippen molar-refractivity contribution in [3.05, 3.63) is 67.7 Å². The predicted octanol–water partition coefficient (Wildman–Crippen LogP) is 4.16. The quantitative estimate of drug-likeness (QED) is 0.506. The van der Waals surface area contributed by atoms with Crippen LogP contribution in [0.3, 0.4) is 0 Å². The van der Waals surface area contributed by atoms with Gasteiger partial charge in [-0.1, -0.05) is 29.0 Å². The fourth-order valence-corrected chi connectivity index (χ4v) is 3.71. The van der Waals surface area contributed by atoms with Crippen LogP contribution in [0.5, 0.6) is 0 Å². The molecule has 3 rings (SSSR count). The number of hydrogen-bond donors (Lipinski definition) is 0. The molecular formula is C16H11ClFN3O3S. The van der Waals surface area contributed by atoms with Gasteiger partial charge in [-0.05, 0) is 25.1 Å². The van der Waals surface area contributed by atoms with E-state index in [4.69, 9.17) is 11.6 Å². The Morgan fingerprint density at radius 1 is 1.40 bits per heavy atom. The second-order valence-electron chi connectivity index (χ2n) is 5.05. The number of benzene rings is 2. The minimum Gasteiger partial charge on any atom is -0.314 e. The molecule has 9 heteroatoms. The Morgan fingerprint density at radius 2 is 2.16 bits per heavy atom. The summed E-state index contributed by atoms with van der Waals surface area (Å²) < 4.78 is 16.3. The molecule has 2 aromatic carbocycles. The van der Waals surface area contributed by atoms with Gasteiger partial charge in [-0.25, -0.2) is 4.39 Å². The maximum atomic E-state index is 14.1. The third-order valence-electron chi connectivity index (χ3n) is 3.56. The van der Waals surface area contributed by atoms with Crippen molar-refractivity contribution in [1.29, 1.82) is 0 Å². The van der Waals surface area contributed by atoms with E-state index in [0.29, 0.717) is 21.6 Å². The van der Waals surface area contributed by atoms with Crippen LogP contribution in [0.15, 0.2) is 41.4 Å². The van der Waals surface area contributed by atoms with Gasteiger partial charge in [0.05, 0.1) is 25.7 Å². The first-order valence-electron chi connectivity index (χ1n) is 7.23. The molecule has 25 heavy (non-hydrogen) atoms. The van der Waals surface area contributed by atoms with Crippen LogP contribution in [0.4, 0.5) is 10.1 Å². The van der Waals surface area contributed by atoms with Gasteiger partial charge in [0.1, 0.15) is 5.82 Å². The van der Waals surface area contributed by atoms with Crippen LogP contribution in [-0.4, -0.2) is 15.4 Å². The van der Waals surface area contributed by atoms with E-state index in [9.17, 15) is 19.3 Å². The molecule has 1 amide bonds. The number of aromatic nitrogens is 1. The van der Waals surface area contributed by atoms with Crippen LogP contribution < -0.4 is 4.80 Å². The van der Waals surface area contributed by atoms with Crippen LogP contribution in [0.2, 0.25) is 5.02 Å². The number of para-hydroxylation sites is 1. The van der Waals surface area contributed by atoms with Crippen LogP contribution in [0, 0.1) is 15.9 Å². The Hall–Kier alpha value is -2.58. The van der Waals surface area contributed by atoms with Crippen molar-refractivity contribution in [1.82, 2.24) is 4.57 Å². The summed E-state index contributed by atoms with van der Waals surface area (Å²) in [6.45, 7) is 2.22. The summed E-state index contributed by atoms with van der Waals surface area (Å²) in [7, 11) is 0. The number of nitrogens with zero attached hydrogens (tertiary/aromatic N) is 3. The molecule has 1 aromatic heterocycles. The van der Waals surface area contributed by atoms with Gasteiger partial charge in [0.2, 0.25) is 0 Å². The Labute approximate surface area is 150 Å². The number of hydrogen-bond acceptors (Lipinski definition) is 4. The van der Waals surface area contributed by atoms with E-state index in [2.05, 4.69) is 4.99 Å². The van der Waals surface area contributed by atoms with E-state index in [1.807, 2.05) is 6.92 Å². The largest absolute Gasteiger partial charge is 0.314 e. The lowest BCUT2D eigenvalue weighted by Gasteiger charge is -2.02. The van der Waals surface area contributed by atoms with E-state index in [-0.39, 0.29) is 16.3 Å². The Morgan fingerprint density at radius 3 is 2.84 bits per heavy atom. The topological polar surface area (TPSA) is 77.5 Å². The lowest BCUT2D eigenvalue weighted by Crippen LogP contribution is -2.16. The first kappa shape index (κ1) is 17.2. The van der Waals surface area contributed by atoms with Crippen molar-refractivity contribution >= 4 is 44.7 Å². The van der Waals surface area contributed by atoms with E-state index < -0.39 is 16.6 Å². The molecular weight excluding hydrogens is 369 g/mol. The summed E-state index contributed by atoms with van der Waals surface area (Å²) in [4.78, 5) is 27.0. The molecule has 0 spiro atoms. The SMILES string of the molecule is CCn1c(=NC(=O)c2cc([N+](=O)[O-])ccc2Cl)sc2cccc(F)c21. The highest BCUT2D eigenvalue weighted by Gasteiger charge is 2.17. The zero-order chi connectivity index (χ0) is 18.1. The molecule has 0 radical (unpaired) electrons. The average molecular weight is 380 g/mol. The third kappa shape index (κ3) is 3.18. The Bertz CT molecular complexity index is 1070. The van der Waals surface area contributed by atoms with Crippen LogP contribution in [0.1, 0.15) is 17.3 Å². The van der Waals surface area contributed by atoms with Crippen LogP contribution in [-0.2, 0) is 6.54 Å². The third-order valence-corrected chi connectivity index (χ3v) is 4.93. The van der Waals surface area contributed by atoms with Gasteiger partial charge in [-0.2, -0.15) is 4.99 Å². The van der Waals surface area contributed by atoms with E-state index >= 15 is 0 Å². The number of fused-ring (bicyclic) bond motifs is 1. The Kier molecular flexibility index (Phi) is 4.65. The van der Waals surface area contributed by atoms with Crippen molar-refractivity contribution < 1.29 is 14.1 Å². The summed E-state index contributed by atoms with van der Waals surface area (Å²) in [5.41, 5.74) is 0.0387. The van der Waals surface area contributed by atoms with Gasteiger partial charge in [-0.3, -0.25) is 14.9 Å². The molecule has 0 saturated heterocycles. The standard InChI is InChI=1S/C16H11ClFN3O3S/c1-2-20-14-12(18)4-3-5-13(14)25-16(20)19-15(22)10-8-9(21(23)24)6-7-11(10)17/h3-8H,2H2,1H3. The number of non-ortho nitro benzene ring substituents is 1. The van der Waals surface area contributed by atoms with Gasteiger partial charge in [-0.15, -0.1) is 0 Å². The number of carbonyl (C=O) groups is 1. The second kappa shape index (κ2) is 6.73. The maximum absolute atomic E-state index is 14.1. The van der Waals surface area contributed by atoms with Gasteiger partial charge in [0, 0.05) is 18.7 Å². The molecule has 0 bridgehead atoms.